The number of nitrogens with zero attached hydrogens (tertiary/aromatic N) is 4. The third-order valence-electron chi connectivity index (χ3n) is 2.71. The second-order valence-electron chi connectivity index (χ2n) is 4.13. The van der Waals surface area contributed by atoms with E-state index in [2.05, 4.69) is 38.5 Å². The number of aryl methyl sites for hydroxylation is 2. The summed E-state index contributed by atoms with van der Waals surface area (Å²) in [4.78, 5) is 2.05. The standard InChI is InChI=1S/C12H13BrN4S/c1-8-10(5-14)12(17(3)15-8)16(2)6-9-4-11(13)18-7-9/h4,7H,6H2,1-3H3. The SMILES string of the molecule is Cc1nn(C)c(N(C)Cc2csc(Br)c2)c1C#N. The highest BCUT2D eigenvalue weighted by Crippen LogP contribution is 2.25. The largest absolute Gasteiger partial charge is 0.354 e. The summed E-state index contributed by atoms with van der Waals surface area (Å²) in [5, 5.41) is 15.6. The van der Waals surface area contributed by atoms with Gasteiger partial charge in [0.2, 0.25) is 0 Å². The van der Waals surface area contributed by atoms with Crippen LogP contribution in [-0.4, -0.2) is 16.8 Å². The van der Waals surface area contributed by atoms with Crippen LogP contribution in [0.4, 0.5) is 5.82 Å². The summed E-state index contributed by atoms with van der Waals surface area (Å²) in [5.41, 5.74) is 2.64. The van der Waals surface area contributed by atoms with Crippen molar-refractivity contribution in [2.24, 2.45) is 7.05 Å². The van der Waals surface area contributed by atoms with Crippen molar-refractivity contribution in [3.8, 4) is 6.07 Å². The van der Waals surface area contributed by atoms with E-state index in [1.54, 1.807) is 16.0 Å². The molecule has 94 valence electrons. The Bertz CT molecular complexity index is 608. The van der Waals surface area contributed by atoms with Gasteiger partial charge in [-0.1, -0.05) is 0 Å². The Morgan fingerprint density at radius 3 is 2.89 bits per heavy atom. The van der Waals surface area contributed by atoms with Gasteiger partial charge in [0.1, 0.15) is 17.5 Å². The molecule has 18 heavy (non-hydrogen) atoms. The molecule has 6 heteroatoms. The summed E-state index contributed by atoms with van der Waals surface area (Å²) in [6, 6.07) is 4.32. The molecular weight excluding hydrogens is 312 g/mol. The highest BCUT2D eigenvalue weighted by Gasteiger charge is 2.17. The van der Waals surface area contributed by atoms with Crippen LogP contribution in [0.15, 0.2) is 15.2 Å². The van der Waals surface area contributed by atoms with Crippen LogP contribution in [0.5, 0.6) is 0 Å². The fourth-order valence-electron chi connectivity index (χ4n) is 1.99. The zero-order valence-electron chi connectivity index (χ0n) is 10.4. The third kappa shape index (κ3) is 2.42. The molecule has 0 aliphatic carbocycles. The molecule has 0 aliphatic rings. The van der Waals surface area contributed by atoms with Crippen LogP contribution in [0.3, 0.4) is 0 Å². The summed E-state index contributed by atoms with van der Waals surface area (Å²) in [6.07, 6.45) is 0. The minimum absolute atomic E-state index is 0.647. The monoisotopic (exact) mass is 324 g/mol. The lowest BCUT2D eigenvalue weighted by Crippen LogP contribution is -2.20. The number of anilines is 1. The molecule has 2 heterocycles. The normalized spacial score (nSPS) is 10.4. The molecule has 0 radical (unpaired) electrons. The van der Waals surface area contributed by atoms with Crippen LogP contribution in [0.25, 0.3) is 0 Å². The molecule has 0 aliphatic heterocycles. The Hall–Kier alpha value is -1.32. The number of aromatic nitrogens is 2. The number of thiophene rings is 1. The molecule has 0 atom stereocenters. The maximum Gasteiger partial charge on any atom is 0.145 e. The van der Waals surface area contributed by atoms with Gasteiger partial charge in [-0.3, -0.25) is 4.68 Å². The van der Waals surface area contributed by atoms with Gasteiger partial charge in [0, 0.05) is 20.6 Å². The van der Waals surface area contributed by atoms with Crippen molar-refractivity contribution in [2.45, 2.75) is 13.5 Å². The van der Waals surface area contributed by atoms with Crippen molar-refractivity contribution in [1.29, 1.82) is 5.26 Å². The Morgan fingerprint density at radius 1 is 1.61 bits per heavy atom. The lowest BCUT2D eigenvalue weighted by atomic mass is 10.2. The molecule has 0 saturated heterocycles. The van der Waals surface area contributed by atoms with Crippen LogP contribution in [0.1, 0.15) is 16.8 Å². The van der Waals surface area contributed by atoms with Crippen LogP contribution < -0.4 is 4.90 Å². The van der Waals surface area contributed by atoms with Crippen molar-refractivity contribution in [1.82, 2.24) is 9.78 Å². The second-order valence-corrected chi connectivity index (χ2v) is 6.43. The second kappa shape index (κ2) is 5.12. The highest BCUT2D eigenvalue weighted by molar-refractivity contribution is 9.11. The van der Waals surface area contributed by atoms with E-state index in [0.717, 1.165) is 21.8 Å². The van der Waals surface area contributed by atoms with E-state index in [1.165, 1.54) is 5.56 Å². The minimum atomic E-state index is 0.647. The fourth-order valence-corrected chi connectivity index (χ4v) is 3.19. The first-order chi connectivity index (χ1) is 8.52. The van der Waals surface area contributed by atoms with Crippen LogP contribution in [0.2, 0.25) is 0 Å². The molecular formula is C12H13BrN4S. The molecule has 0 bridgehead atoms. The van der Waals surface area contributed by atoms with E-state index in [9.17, 15) is 5.26 Å². The zero-order valence-corrected chi connectivity index (χ0v) is 12.8. The predicted molar refractivity (Wildman–Crippen MR) is 76.8 cm³/mol. The quantitative estimate of drug-likeness (QED) is 0.871. The highest BCUT2D eigenvalue weighted by atomic mass is 79.9. The van der Waals surface area contributed by atoms with Crippen molar-refractivity contribution in [3.63, 3.8) is 0 Å². The van der Waals surface area contributed by atoms with Crippen LogP contribution >= 0.6 is 27.3 Å². The van der Waals surface area contributed by atoms with Gasteiger partial charge in [-0.25, -0.2) is 0 Å². The smallest absolute Gasteiger partial charge is 0.145 e. The first kappa shape index (κ1) is 13.1. The van der Waals surface area contributed by atoms with E-state index in [-0.39, 0.29) is 0 Å². The third-order valence-corrected chi connectivity index (χ3v) is 4.26. The van der Waals surface area contributed by atoms with Gasteiger partial charge < -0.3 is 4.90 Å². The van der Waals surface area contributed by atoms with E-state index in [0.29, 0.717) is 5.56 Å². The number of nitriles is 1. The summed E-state index contributed by atoms with van der Waals surface area (Å²) in [7, 11) is 3.84. The van der Waals surface area contributed by atoms with Gasteiger partial charge in [-0.05, 0) is 39.9 Å². The lowest BCUT2D eigenvalue weighted by molar-refractivity contribution is 0.727. The van der Waals surface area contributed by atoms with Gasteiger partial charge in [-0.2, -0.15) is 10.4 Å². The Kier molecular flexibility index (Phi) is 3.73. The first-order valence-corrected chi connectivity index (χ1v) is 7.08. The molecule has 0 saturated carbocycles. The molecule has 0 spiro atoms. The number of halogens is 1. The van der Waals surface area contributed by atoms with Crippen molar-refractivity contribution in [3.05, 3.63) is 32.1 Å². The number of hydrogen-bond acceptors (Lipinski definition) is 4. The molecule has 0 fully saturated rings. The molecule has 2 rings (SSSR count). The average molecular weight is 325 g/mol. The maximum atomic E-state index is 9.20. The van der Waals surface area contributed by atoms with Crippen LogP contribution in [-0.2, 0) is 13.6 Å². The molecule has 0 amide bonds. The van der Waals surface area contributed by atoms with Gasteiger partial charge in [0.25, 0.3) is 0 Å². The molecule has 2 aromatic heterocycles. The summed E-state index contributed by atoms with van der Waals surface area (Å²) in [5.74, 6) is 0.859. The van der Waals surface area contributed by atoms with E-state index in [4.69, 9.17) is 0 Å². The maximum absolute atomic E-state index is 9.20. The summed E-state index contributed by atoms with van der Waals surface area (Å²) < 4.78 is 2.88. The van der Waals surface area contributed by atoms with Crippen LogP contribution in [0, 0.1) is 18.3 Å². The Morgan fingerprint density at radius 2 is 2.33 bits per heavy atom. The molecule has 4 nitrogen and oxygen atoms in total. The number of hydrogen-bond donors (Lipinski definition) is 0. The van der Waals surface area contributed by atoms with Gasteiger partial charge in [0.15, 0.2) is 0 Å². The van der Waals surface area contributed by atoms with Crippen molar-refractivity contribution >= 4 is 33.1 Å². The average Bonchev–Trinajstić information content (AvgIpc) is 2.82. The molecule has 2 aromatic rings. The zero-order chi connectivity index (χ0) is 13.3. The number of rotatable bonds is 3. The van der Waals surface area contributed by atoms with Gasteiger partial charge in [-0.15, -0.1) is 11.3 Å². The Balaban J connectivity index is 2.29. The molecule has 0 N–H and O–H groups in total. The van der Waals surface area contributed by atoms with E-state index >= 15 is 0 Å². The van der Waals surface area contributed by atoms with E-state index in [1.807, 2.05) is 25.9 Å². The first-order valence-electron chi connectivity index (χ1n) is 5.40. The lowest BCUT2D eigenvalue weighted by Gasteiger charge is -2.18. The molecule has 0 unspecified atom stereocenters. The predicted octanol–water partition coefficient (Wildman–Crippen LogP) is 3.06. The van der Waals surface area contributed by atoms with Gasteiger partial charge in [0.05, 0.1) is 9.48 Å². The summed E-state index contributed by atoms with van der Waals surface area (Å²) in [6.45, 7) is 2.62. The molecule has 0 aromatic carbocycles. The topological polar surface area (TPSA) is 44.9 Å². The Labute approximate surface area is 119 Å². The van der Waals surface area contributed by atoms with Crippen molar-refractivity contribution in [2.75, 3.05) is 11.9 Å². The van der Waals surface area contributed by atoms with Crippen molar-refractivity contribution < 1.29 is 0 Å². The minimum Gasteiger partial charge on any atom is -0.354 e. The summed E-state index contributed by atoms with van der Waals surface area (Å²) >= 11 is 5.12. The van der Waals surface area contributed by atoms with E-state index < -0.39 is 0 Å². The fraction of sp³-hybridized carbons (Fsp3) is 0.333. The van der Waals surface area contributed by atoms with Gasteiger partial charge >= 0.3 is 0 Å².